The number of nitrogens with one attached hydrogen (secondary N) is 1. The average Bonchev–Trinajstić information content (AvgIpc) is 2.37. The molecular formula is C12H19NO6. The summed E-state index contributed by atoms with van der Waals surface area (Å²) in [4.78, 5) is 11.2. The molecule has 0 unspecified atom stereocenters. The molecule has 108 valence electrons. The zero-order valence-electron chi connectivity index (χ0n) is 10.9. The van der Waals surface area contributed by atoms with Gasteiger partial charge in [0.15, 0.2) is 6.29 Å². The van der Waals surface area contributed by atoms with Crippen molar-refractivity contribution in [3.05, 3.63) is 0 Å². The fraction of sp³-hybridized carbons (Fsp3) is 0.750. The van der Waals surface area contributed by atoms with Crippen LogP contribution in [0.4, 0.5) is 0 Å². The summed E-state index contributed by atoms with van der Waals surface area (Å²) in [5.74, 6) is 1.97. The molecule has 1 saturated heterocycles. The van der Waals surface area contributed by atoms with Gasteiger partial charge >= 0.3 is 0 Å². The van der Waals surface area contributed by atoms with Gasteiger partial charge in [0.05, 0.1) is 6.61 Å². The Morgan fingerprint density at radius 1 is 1.58 bits per heavy atom. The summed E-state index contributed by atoms with van der Waals surface area (Å²) in [6, 6.07) is -0.714. The summed E-state index contributed by atoms with van der Waals surface area (Å²) in [5, 5.41) is 21.8. The third-order valence-electron chi connectivity index (χ3n) is 2.83. The van der Waals surface area contributed by atoms with Crippen LogP contribution in [-0.2, 0) is 19.0 Å². The number of methoxy groups -OCH3 is 1. The van der Waals surface area contributed by atoms with E-state index in [4.69, 9.17) is 25.7 Å². The molecule has 5 atom stereocenters. The lowest BCUT2D eigenvalue weighted by Crippen LogP contribution is -2.65. The summed E-state index contributed by atoms with van der Waals surface area (Å²) >= 11 is 0. The summed E-state index contributed by atoms with van der Waals surface area (Å²) in [5.41, 5.74) is 0. The van der Waals surface area contributed by atoms with Crippen LogP contribution in [0.3, 0.4) is 0 Å². The lowest BCUT2D eigenvalue weighted by atomic mass is 9.96. The maximum atomic E-state index is 11.2. The molecule has 0 spiro atoms. The fourth-order valence-electron chi connectivity index (χ4n) is 2.01. The van der Waals surface area contributed by atoms with Crippen molar-refractivity contribution in [2.24, 2.45) is 0 Å². The molecule has 7 nitrogen and oxygen atoms in total. The van der Waals surface area contributed by atoms with Crippen molar-refractivity contribution < 1.29 is 29.2 Å². The highest BCUT2D eigenvalue weighted by atomic mass is 16.7. The number of ether oxygens (including phenoxy) is 3. The van der Waals surface area contributed by atoms with Crippen molar-refractivity contribution in [3.63, 3.8) is 0 Å². The molecule has 1 amide bonds. The van der Waals surface area contributed by atoms with Crippen molar-refractivity contribution in [3.8, 4) is 12.3 Å². The number of rotatable bonds is 5. The first-order valence-corrected chi connectivity index (χ1v) is 5.84. The average molecular weight is 273 g/mol. The van der Waals surface area contributed by atoms with E-state index in [2.05, 4.69) is 11.2 Å². The Morgan fingerprint density at radius 2 is 2.26 bits per heavy atom. The molecule has 7 heteroatoms. The van der Waals surface area contributed by atoms with Crippen LogP contribution in [0, 0.1) is 12.3 Å². The molecule has 0 radical (unpaired) electrons. The molecule has 0 aromatic rings. The number of aliphatic hydroxyl groups excluding tert-OH is 2. The third kappa shape index (κ3) is 3.89. The minimum atomic E-state index is -1.09. The van der Waals surface area contributed by atoms with Gasteiger partial charge in [-0.15, -0.1) is 6.42 Å². The van der Waals surface area contributed by atoms with Crippen LogP contribution < -0.4 is 5.32 Å². The number of carbonyl (C=O) groups is 1. The first-order chi connectivity index (χ1) is 9.04. The molecule has 0 aromatic heterocycles. The van der Waals surface area contributed by atoms with Crippen LogP contribution in [0.25, 0.3) is 0 Å². The Kier molecular flexibility index (Phi) is 6.21. The zero-order chi connectivity index (χ0) is 14.4. The smallest absolute Gasteiger partial charge is 0.217 e. The van der Waals surface area contributed by atoms with Crippen molar-refractivity contribution >= 4 is 5.91 Å². The first kappa shape index (κ1) is 15.9. The molecule has 1 rings (SSSR count). The highest BCUT2D eigenvalue weighted by Crippen LogP contribution is 2.24. The molecular weight excluding hydrogens is 254 g/mol. The molecule has 0 saturated carbocycles. The van der Waals surface area contributed by atoms with E-state index >= 15 is 0 Å². The Labute approximate surface area is 111 Å². The summed E-state index contributed by atoms with van der Waals surface area (Å²) < 4.78 is 15.8. The van der Waals surface area contributed by atoms with Crippen LogP contribution in [0.5, 0.6) is 0 Å². The van der Waals surface area contributed by atoms with Crippen molar-refractivity contribution in [1.82, 2.24) is 5.32 Å². The first-order valence-electron chi connectivity index (χ1n) is 5.84. The summed E-state index contributed by atoms with van der Waals surface area (Å²) in [6.07, 6.45) is 1.49. The van der Waals surface area contributed by atoms with Gasteiger partial charge in [-0.2, -0.15) is 0 Å². The highest BCUT2D eigenvalue weighted by Gasteiger charge is 2.46. The van der Waals surface area contributed by atoms with E-state index in [0.717, 1.165) is 0 Å². The molecule has 1 heterocycles. The second kappa shape index (κ2) is 7.43. The van der Waals surface area contributed by atoms with Crippen LogP contribution in [-0.4, -0.2) is 67.1 Å². The van der Waals surface area contributed by atoms with Crippen LogP contribution in [0.15, 0.2) is 0 Å². The number of carbonyl (C=O) groups excluding carboxylic acids is 1. The van der Waals surface area contributed by atoms with Gasteiger partial charge in [-0.1, -0.05) is 5.92 Å². The summed E-state index contributed by atoms with van der Waals surface area (Å²) in [7, 11) is 1.39. The maximum absolute atomic E-state index is 11.2. The van der Waals surface area contributed by atoms with Gasteiger partial charge in [0.25, 0.3) is 0 Å². The van der Waals surface area contributed by atoms with Gasteiger partial charge in [-0.25, -0.2) is 0 Å². The van der Waals surface area contributed by atoms with Crippen molar-refractivity contribution in [2.45, 2.75) is 37.6 Å². The van der Waals surface area contributed by atoms with Gasteiger partial charge in [0.2, 0.25) is 5.91 Å². The van der Waals surface area contributed by atoms with Gasteiger partial charge in [-0.3, -0.25) is 4.79 Å². The predicted molar refractivity (Wildman–Crippen MR) is 64.9 cm³/mol. The van der Waals surface area contributed by atoms with E-state index in [-0.39, 0.29) is 12.5 Å². The van der Waals surface area contributed by atoms with E-state index in [9.17, 15) is 9.90 Å². The van der Waals surface area contributed by atoms with Crippen LogP contribution in [0.2, 0.25) is 0 Å². The number of terminal acetylenes is 1. The lowest BCUT2D eigenvalue weighted by molar-refractivity contribution is -0.270. The standard InChI is InChI=1S/C12H19NO6/c1-4-5-18-12-9(13-7(2)15)11(17-3)10(16)8(6-14)19-12/h1,8-12,14,16H,5-6H2,2-3H3,(H,13,15)/t8-,9-,10+,11+,12+/m0/s1. The van der Waals surface area contributed by atoms with Crippen LogP contribution >= 0.6 is 0 Å². The fourth-order valence-corrected chi connectivity index (χ4v) is 2.01. The van der Waals surface area contributed by atoms with E-state index in [1.807, 2.05) is 0 Å². The second-order valence-electron chi connectivity index (χ2n) is 4.16. The van der Waals surface area contributed by atoms with Crippen molar-refractivity contribution in [2.75, 3.05) is 20.3 Å². The van der Waals surface area contributed by atoms with Crippen molar-refractivity contribution in [1.29, 1.82) is 0 Å². The minimum Gasteiger partial charge on any atom is -0.394 e. The highest BCUT2D eigenvalue weighted by molar-refractivity contribution is 5.73. The van der Waals surface area contributed by atoms with Gasteiger partial charge in [0, 0.05) is 14.0 Å². The van der Waals surface area contributed by atoms with Crippen LogP contribution in [0.1, 0.15) is 6.92 Å². The van der Waals surface area contributed by atoms with E-state index in [0.29, 0.717) is 0 Å². The Morgan fingerprint density at radius 3 is 2.74 bits per heavy atom. The quantitative estimate of drug-likeness (QED) is 0.513. The Hall–Kier alpha value is -1.17. The number of aliphatic hydroxyl groups is 2. The monoisotopic (exact) mass is 273 g/mol. The normalized spacial score (nSPS) is 34.6. The molecule has 1 aliphatic heterocycles. The molecule has 1 aliphatic rings. The number of hydrogen-bond acceptors (Lipinski definition) is 6. The molecule has 0 aliphatic carbocycles. The third-order valence-corrected chi connectivity index (χ3v) is 2.83. The Bertz CT molecular complexity index is 342. The predicted octanol–water partition coefficient (Wildman–Crippen LogP) is -1.77. The maximum Gasteiger partial charge on any atom is 0.217 e. The van der Waals surface area contributed by atoms with Gasteiger partial charge < -0.3 is 29.7 Å². The van der Waals surface area contributed by atoms with Gasteiger partial charge in [0.1, 0.15) is 31.0 Å². The molecule has 3 N–H and O–H groups in total. The lowest BCUT2D eigenvalue weighted by Gasteiger charge is -2.43. The molecule has 0 aromatic carbocycles. The van der Waals surface area contributed by atoms with Gasteiger partial charge in [-0.05, 0) is 0 Å². The summed E-state index contributed by atoms with van der Waals surface area (Å²) in [6.45, 7) is 0.907. The number of hydrogen-bond donors (Lipinski definition) is 3. The van der Waals surface area contributed by atoms with E-state index in [1.54, 1.807) is 0 Å². The number of amides is 1. The molecule has 0 bridgehead atoms. The largest absolute Gasteiger partial charge is 0.394 e. The molecule has 1 fully saturated rings. The second-order valence-corrected chi connectivity index (χ2v) is 4.16. The Balaban J connectivity index is 2.88. The van der Waals surface area contributed by atoms with E-state index < -0.39 is 37.3 Å². The SMILES string of the molecule is C#CCO[C@@H]1O[C@@H](CO)[C@@H](O)[C@H](OC)[C@@H]1NC(C)=O. The minimum absolute atomic E-state index is 0.0224. The topological polar surface area (TPSA) is 97.2 Å². The molecule has 19 heavy (non-hydrogen) atoms. The van der Waals surface area contributed by atoms with E-state index in [1.165, 1.54) is 14.0 Å². The zero-order valence-corrected chi connectivity index (χ0v) is 10.9.